The third-order valence-electron chi connectivity index (χ3n) is 1.83. The molecule has 0 radical (unpaired) electrons. The molecule has 0 atom stereocenters. The molecule has 0 saturated heterocycles. The number of halogens is 1. The lowest BCUT2D eigenvalue weighted by Gasteiger charge is -2.02. The summed E-state index contributed by atoms with van der Waals surface area (Å²) in [4.78, 5) is -0.245. The summed E-state index contributed by atoms with van der Waals surface area (Å²) >= 11 is 0. The molecule has 0 N–H and O–H groups in total. The van der Waals surface area contributed by atoms with Crippen LogP contribution in [-0.2, 0) is 18.9 Å². The molecule has 0 amide bonds. The van der Waals surface area contributed by atoms with E-state index in [1.807, 2.05) is 0 Å². The van der Waals surface area contributed by atoms with Crippen LogP contribution in [0.3, 0.4) is 0 Å². The zero-order chi connectivity index (χ0) is 11.7. The van der Waals surface area contributed by atoms with E-state index < -0.39 is 18.9 Å². The van der Waals surface area contributed by atoms with Crippen LogP contribution in [0.5, 0.6) is 0 Å². The van der Waals surface area contributed by atoms with Gasteiger partial charge in [-0.15, -0.1) is 0 Å². The minimum Gasteiger partial charge on any atom is -0.224 e. The van der Waals surface area contributed by atoms with Crippen molar-refractivity contribution < 1.29 is 16.8 Å². The number of hydrogen-bond acceptors (Lipinski definition) is 4. The van der Waals surface area contributed by atoms with Gasteiger partial charge < -0.3 is 0 Å². The summed E-state index contributed by atoms with van der Waals surface area (Å²) in [6.07, 6.45) is 0. The van der Waals surface area contributed by atoms with Gasteiger partial charge in [-0.25, -0.2) is 16.8 Å². The Balaban J connectivity index is 3.39. The summed E-state index contributed by atoms with van der Waals surface area (Å²) in [6.45, 7) is 1.48. The van der Waals surface area contributed by atoms with Gasteiger partial charge in [-0.05, 0) is 18.2 Å². The molecule has 1 aromatic carbocycles. The van der Waals surface area contributed by atoms with Crippen LogP contribution in [0, 0.1) is 0 Å². The van der Waals surface area contributed by atoms with Gasteiger partial charge in [-0.1, -0.05) is 13.0 Å². The molecule has 0 bridgehead atoms. The van der Waals surface area contributed by atoms with E-state index in [1.54, 1.807) is 0 Å². The van der Waals surface area contributed by atoms with Gasteiger partial charge in [-0.3, -0.25) is 0 Å². The predicted molar refractivity (Wildman–Crippen MR) is 57.2 cm³/mol. The Hall–Kier alpha value is -0.590. The SMILES string of the molecule is CCS(=O)(=O)c1cccc(S(=O)(=O)Cl)c1. The molecule has 0 unspecified atom stereocenters. The molecule has 84 valence electrons. The fourth-order valence-corrected chi connectivity index (χ4v) is 2.78. The maximum absolute atomic E-state index is 11.4. The highest BCUT2D eigenvalue weighted by Crippen LogP contribution is 2.19. The molecule has 0 spiro atoms. The Morgan fingerprint density at radius 3 is 2.13 bits per heavy atom. The Kier molecular flexibility index (Phi) is 3.42. The van der Waals surface area contributed by atoms with Gasteiger partial charge in [0.25, 0.3) is 9.05 Å². The maximum atomic E-state index is 11.4. The van der Waals surface area contributed by atoms with Crippen LogP contribution in [-0.4, -0.2) is 22.6 Å². The normalized spacial score (nSPS) is 12.7. The molecule has 0 aromatic heterocycles. The highest BCUT2D eigenvalue weighted by Gasteiger charge is 2.16. The number of sulfone groups is 1. The second kappa shape index (κ2) is 4.11. The summed E-state index contributed by atoms with van der Waals surface area (Å²) in [5.41, 5.74) is 0. The zero-order valence-electron chi connectivity index (χ0n) is 7.84. The molecule has 0 aliphatic rings. The molecule has 0 heterocycles. The van der Waals surface area contributed by atoms with E-state index in [9.17, 15) is 16.8 Å². The predicted octanol–water partition coefficient (Wildman–Crippen LogP) is 1.41. The second-order valence-corrected chi connectivity index (χ2v) is 7.66. The average Bonchev–Trinajstić information content (AvgIpc) is 2.17. The smallest absolute Gasteiger partial charge is 0.224 e. The van der Waals surface area contributed by atoms with Gasteiger partial charge in [-0.2, -0.15) is 0 Å². The molecule has 0 saturated carbocycles. The van der Waals surface area contributed by atoms with Crippen molar-refractivity contribution in [3.05, 3.63) is 24.3 Å². The van der Waals surface area contributed by atoms with E-state index in [0.29, 0.717) is 0 Å². The summed E-state index contributed by atoms with van der Waals surface area (Å²) in [7, 11) is -2.19. The van der Waals surface area contributed by atoms with Crippen LogP contribution in [0.1, 0.15) is 6.92 Å². The summed E-state index contributed by atoms with van der Waals surface area (Å²) in [5, 5.41) is 0. The Morgan fingerprint density at radius 1 is 1.13 bits per heavy atom. The van der Waals surface area contributed by atoms with Crippen molar-refractivity contribution in [2.75, 3.05) is 5.75 Å². The average molecular weight is 269 g/mol. The van der Waals surface area contributed by atoms with Crippen molar-refractivity contribution in [3.8, 4) is 0 Å². The standard InChI is InChI=1S/C8H9ClO4S2/c1-2-14(10,11)7-4-3-5-8(6-7)15(9,12)13/h3-6H,2H2,1H3. The van der Waals surface area contributed by atoms with Crippen LogP contribution in [0.2, 0.25) is 0 Å². The van der Waals surface area contributed by atoms with Crippen molar-refractivity contribution in [2.45, 2.75) is 16.7 Å². The molecule has 4 nitrogen and oxygen atoms in total. The van der Waals surface area contributed by atoms with Gasteiger partial charge in [0.05, 0.1) is 15.5 Å². The molecule has 0 aliphatic carbocycles. The van der Waals surface area contributed by atoms with Crippen LogP contribution in [0.25, 0.3) is 0 Å². The molecule has 0 aliphatic heterocycles. The number of benzene rings is 1. The van der Waals surface area contributed by atoms with Crippen molar-refractivity contribution in [2.24, 2.45) is 0 Å². The quantitative estimate of drug-likeness (QED) is 0.778. The molecule has 0 fully saturated rings. The molecule has 1 rings (SSSR count). The fraction of sp³-hybridized carbons (Fsp3) is 0.250. The zero-order valence-corrected chi connectivity index (χ0v) is 10.2. The third-order valence-corrected chi connectivity index (χ3v) is 4.91. The summed E-state index contributed by atoms with van der Waals surface area (Å²) < 4.78 is 44.8. The van der Waals surface area contributed by atoms with Crippen LogP contribution < -0.4 is 0 Å². The minimum atomic E-state index is -3.89. The van der Waals surface area contributed by atoms with Gasteiger partial charge in [0.2, 0.25) is 0 Å². The minimum absolute atomic E-state index is 0.0354. The first-order valence-electron chi connectivity index (χ1n) is 4.05. The molecular weight excluding hydrogens is 260 g/mol. The lowest BCUT2D eigenvalue weighted by Crippen LogP contribution is -2.04. The first-order chi connectivity index (χ1) is 6.77. The van der Waals surface area contributed by atoms with E-state index in [2.05, 4.69) is 0 Å². The molecule has 7 heteroatoms. The van der Waals surface area contributed by atoms with E-state index in [4.69, 9.17) is 10.7 Å². The Bertz CT molecular complexity index is 560. The number of rotatable bonds is 3. The Morgan fingerprint density at radius 2 is 1.67 bits per heavy atom. The first-order valence-corrected chi connectivity index (χ1v) is 8.01. The lowest BCUT2D eigenvalue weighted by molar-refractivity contribution is 0.597. The van der Waals surface area contributed by atoms with Crippen molar-refractivity contribution in [1.29, 1.82) is 0 Å². The highest BCUT2D eigenvalue weighted by atomic mass is 35.7. The molecular formula is C8H9ClO4S2. The van der Waals surface area contributed by atoms with Crippen molar-refractivity contribution >= 4 is 29.6 Å². The Labute approximate surface area is 93.2 Å². The lowest BCUT2D eigenvalue weighted by atomic mass is 10.4. The van der Waals surface area contributed by atoms with E-state index in [1.165, 1.54) is 25.1 Å². The third kappa shape index (κ3) is 2.93. The van der Waals surface area contributed by atoms with Gasteiger partial charge in [0.1, 0.15) is 0 Å². The van der Waals surface area contributed by atoms with Crippen molar-refractivity contribution in [3.63, 3.8) is 0 Å². The monoisotopic (exact) mass is 268 g/mol. The summed E-state index contributed by atoms with van der Waals surface area (Å²) in [6, 6.07) is 4.99. The van der Waals surface area contributed by atoms with Crippen molar-refractivity contribution in [1.82, 2.24) is 0 Å². The fourth-order valence-electron chi connectivity index (χ4n) is 0.986. The van der Waals surface area contributed by atoms with Gasteiger partial charge >= 0.3 is 0 Å². The van der Waals surface area contributed by atoms with E-state index in [-0.39, 0.29) is 15.5 Å². The highest BCUT2D eigenvalue weighted by molar-refractivity contribution is 8.13. The topological polar surface area (TPSA) is 68.3 Å². The van der Waals surface area contributed by atoms with Crippen LogP contribution in [0.4, 0.5) is 0 Å². The van der Waals surface area contributed by atoms with E-state index in [0.717, 1.165) is 6.07 Å². The van der Waals surface area contributed by atoms with Gasteiger partial charge in [0.15, 0.2) is 9.84 Å². The molecule has 1 aromatic rings. The van der Waals surface area contributed by atoms with Gasteiger partial charge in [0, 0.05) is 10.7 Å². The largest absolute Gasteiger partial charge is 0.261 e. The van der Waals surface area contributed by atoms with Crippen LogP contribution in [0.15, 0.2) is 34.1 Å². The molecule has 15 heavy (non-hydrogen) atoms. The number of hydrogen-bond donors (Lipinski definition) is 0. The second-order valence-electron chi connectivity index (χ2n) is 2.82. The maximum Gasteiger partial charge on any atom is 0.261 e. The van der Waals surface area contributed by atoms with Crippen LogP contribution >= 0.6 is 10.7 Å². The summed E-state index contributed by atoms with van der Waals surface area (Å²) in [5.74, 6) is -0.0845. The first kappa shape index (κ1) is 12.5. The van der Waals surface area contributed by atoms with E-state index >= 15 is 0 Å².